The molecule has 4 rings (SSSR count). The summed E-state index contributed by atoms with van der Waals surface area (Å²) in [5.74, 6) is 1.54. The molecule has 0 atom stereocenters. The van der Waals surface area contributed by atoms with Crippen molar-refractivity contribution < 1.29 is 0 Å². The number of thioether (sulfide) groups is 1. The van der Waals surface area contributed by atoms with Gasteiger partial charge in [-0.1, -0.05) is 11.8 Å². The zero-order chi connectivity index (χ0) is 15.1. The second-order valence-corrected chi connectivity index (χ2v) is 7.14. The SMILES string of the molecule is Cc1nccc(C2CC2)c1CSc1nc2c(c(=O)[nH]1)CCC2. The number of rotatable bonds is 4. The Kier molecular flexibility index (Phi) is 3.53. The molecular weight excluding hydrogens is 294 g/mol. The first-order valence-corrected chi connectivity index (χ1v) is 8.90. The molecule has 2 heterocycles. The van der Waals surface area contributed by atoms with Crippen LogP contribution in [-0.4, -0.2) is 15.0 Å². The molecule has 0 radical (unpaired) electrons. The standard InChI is InChI=1S/C17H19N3OS/c1-10-14(12(7-8-18-10)11-5-6-11)9-22-17-19-15-4-2-3-13(15)16(21)20-17/h7-8,11H,2-6,9H2,1H3,(H,19,20,21). The van der Waals surface area contributed by atoms with Gasteiger partial charge >= 0.3 is 0 Å². The predicted octanol–water partition coefficient (Wildman–Crippen LogP) is 3.13. The van der Waals surface area contributed by atoms with E-state index >= 15 is 0 Å². The summed E-state index contributed by atoms with van der Waals surface area (Å²) in [6, 6.07) is 2.15. The quantitative estimate of drug-likeness (QED) is 0.696. The molecule has 5 heteroatoms. The number of H-pyrrole nitrogens is 1. The predicted molar refractivity (Wildman–Crippen MR) is 87.4 cm³/mol. The van der Waals surface area contributed by atoms with Gasteiger partial charge in [0.15, 0.2) is 5.16 Å². The maximum atomic E-state index is 12.1. The van der Waals surface area contributed by atoms with Crippen LogP contribution in [0.25, 0.3) is 0 Å². The number of nitrogens with one attached hydrogen (secondary N) is 1. The first-order chi connectivity index (χ1) is 10.7. The molecule has 1 N–H and O–H groups in total. The van der Waals surface area contributed by atoms with E-state index in [1.807, 2.05) is 6.20 Å². The highest BCUT2D eigenvalue weighted by molar-refractivity contribution is 7.98. The van der Waals surface area contributed by atoms with Crippen molar-refractivity contribution in [2.24, 2.45) is 0 Å². The summed E-state index contributed by atoms with van der Waals surface area (Å²) in [7, 11) is 0. The van der Waals surface area contributed by atoms with Crippen molar-refractivity contribution in [2.75, 3.05) is 0 Å². The number of aromatic amines is 1. The Bertz CT molecular complexity index is 780. The lowest BCUT2D eigenvalue weighted by atomic mass is 10.0. The molecule has 0 saturated heterocycles. The van der Waals surface area contributed by atoms with Crippen LogP contribution < -0.4 is 5.56 Å². The van der Waals surface area contributed by atoms with Crippen LogP contribution in [0.5, 0.6) is 0 Å². The zero-order valence-electron chi connectivity index (χ0n) is 12.7. The number of fused-ring (bicyclic) bond motifs is 1. The highest BCUT2D eigenvalue weighted by Crippen LogP contribution is 2.43. The van der Waals surface area contributed by atoms with Gasteiger partial charge < -0.3 is 4.98 Å². The average molecular weight is 313 g/mol. The second kappa shape index (κ2) is 5.54. The van der Waals surface area contributed by atoms with E-state index in [1.54, 1.807) is 11.8 Å². The number of hydrogen-bond acceptors (Lipinski definition) is 4. The van der Waals surface area contributed by atoms with E-state index < -0.39 is 0 Å². The van der Waals surface area contributed by atoms with Crippen molar-refractivity contribution in [3.8, 4) is 0 Å². The van der Waals surface area contributed by atoms with E-state index in [1.165, 1.54) is 24.0 Å². The van der Waals surface area contributed by atoms with Crippen LogP contribution in [0.2, 0.25) is 0 Å². The van der Waals surface area contributed by atoms with E-state index in [0.29, 0.717) is 5.92 Å². The summed E-state index contributed by atoms with van der Waals surface area (Å²) in [5, 5.41) is 0.746. The van der Waals surface area contributed by atoms with Crippen molar-refractivity contribution in [2.45, 2.75) is 55.9 Å². The molecule has 1 fully saturated rings. The van der Waals surface area contributed by atoms with Crippen molar-refractivity contribution in [3.63, 3.8) is 0 Å². The molecule has 0 amide bonds. The fourth-order valence-corrected chi connectivity index (χ4v) is 4.21. The Balaban J connectivity index is 1.59. The number of nitrogens with zero attached hydrogens (tertiary/aromatic N) is 2. The van der Waals surface area contributed by atoms with Gasteiger partial charge in [-0.3, -0.25) is 9.78 Å². The third-order valence-corrected chi connectivity index (χ3v) is 5.50. The van der Waals surface area contributed by atoms with Gasteiger partial charge in [-0.2, -0.15) is 0 Å². The lowest BCUT2D eigenvalue weighted by Crippen LogP contribution is -2.15. The van der Waals surface area contributed by atoms with Crippen LogP contribution in [0.1, 0.15) is 53.3 Å². The molecule has 0 aromatic carbocycles. The third-order valence-electron chi connectivity index (χ3n) is 4.60. The summed E-state index contributed by atoms with van der Waals surface area (Å²) in [5.41, 5.74) is 5.79. The van der Waals surface area contributed by atoms with E-state index in [4.69, 9.17) is 0 Å². The second-order valence-electron chi connectivity index (χ2n) is 6.18. The number of aromatic nitrogens is 3. The van der Waals surface area contributed by atoms with Gasteiger partial charge in [0.2, 0.25) is 0 Å². The highest BCUT2D eigenvalue weighted by Gasteiger charge is 2.27. The zero-order valence-corrected chi connectivity index (χ0v) is 13.5. The van der Waals surface area contributed by atoms with Gasteiger partial charge in [-0.05, 0) is 62.1 Å². The maximum absolute atomic E-state index is 12.1. The highest BCUT2D eigenvalue weighted by atomic mass is 32.2. The van der Waals surface area contributed by atoms with Crippen molar-refractivity contribution in [1.82, 2.24) is 15.0 Å². The van der Waals surface area contributed by atoms with Gasteiger partial charge in [0, 0.05) is 23.2 Å². The van der Waals surface area contributed by atoms with Gasteiger partial charge in [0.25, 0.3) is 5.56 Å². The van der Waals surface area contributed by atoms with Crippen LogP contribution in [0, 0.1) is 6.92 Å². The fourth-order valence-electron chi connectivity index (χ4n) is 3.21. The first kappa shape index (κ1) is 14.0. The molecule has 0 bridgehead atoms. The van der Waals surface area contributed by atoms with E-state index in [2.05, 4.69) is 27.9 Å². The van der Waals surface area contributed by atoms with E-state index in [0.717, 1.165) is 47.1 Å². The minimum Gasteiger partial charge on any atom is -0.301 e. The van der Waals surface area contributed by atoms with E-state index in [9.17, 15) is 4.79 Å². The fraction of sp³-hybridized carbons (Fsp3) is 0.471. The molecule has 4 nitrogen and oxygen atoms in total. The molecule has 2 aromatic rings. The van der Waals surface area contributed by atoms with Gasteiger partial charge in [-0.15, -0.1) is 0 Å². The maximum Gasteiger partial charge on any atom is 0.254 e. The number of aryl methyl sites for hydroxylation is 2. The first-order valence-electron chi connectivity index (χ1n) is 7.91. The monoisotopic (exact) mass is 313 g/mol. The molecule has 0 unspecified atom stereocenters. The normalized spacial score (nSPS) is 16.8. The van der Waals surface area contributed by atoms with Crippen LogP contribution in [-0.2, 0) is 18.6 Å². The molecule has 22 heavy (non-hydrogen) atoms. The molecule has 2 aliphatic rings. The molecular formula is C17H19N3OS. The van der Waals surface area contributed by atoms with Crippen molar-refractivity contribution in [3.05, 3.63) is 50.7 Å². The Hall–Kier alpha value is -1.62. The summed E-state index contributed by atoms with van der Waals surface area (Å²) in [6.45, 7) is 2.07. The lowest BCUT2D eigenvalue weighted by Gasteiger charge is -2.11. The summed E-state index contributed by atoms with van der Waals surface area (Å²) < 4.78 is 0. The summed E-state index contributed by atoms with van der Waals surface area (Å²) in [4.78, 5) is 24.1. The lowest BCUT2D eigenvalue weighted by molar-refractivity contribution is 0.869. The Morgan fingerprint density at radius 1 is 1.36 bits per heavy atom. The largest absolute Gasteiger partial charge is 0.301 e. The van der Waals surface area contributed by atoms with Crippen molar-refractivity contribution in [1.29, 1.82) is 0 Å². The Morgan fingerprint density at radius 3 is 3.05 bits per heavy atom. The van der Waals surface area contributed by atoms with Crippen molar-refractivity contribution >= 4 is 11.8 Å². The van der Waals surface area contributed by atoms with Crippen LogP contribution >= 0.6 is 11.8 Å². The third kappa shape index (κ3) is 2.58. The minimum atomic E-state index is 0.0512. The molecule has 1 saturated carbocycles. The van der Waals surface area contributed by atoms with Gasteiger partial charge in [0.1, 0.15) is 0 Å². The smallest absolute Gasteiger partial charge is 0.254 e. The van der Waals surface area contributed by atoms with Gasteiger partial charge in [-0.25, -0.2) is 4.98 Å². The van der Waals surface area contributed by atoms with Gasteiger partial charge in [0.05, 0.1) is 5.69 Å². The molecule has 114 valence electrons. The Morgan fingerprint density at radius 2 is 2.23 bits per heavy atom. The molecule has 0 aliphatic heterocycles. The molecule has 2 aromatic heterocycles. The topological polar surface area (TPSA) is 58.6 Å². The Labute approximate surface area is 133 Å². The number of hydrogen-bond donors (Lipinski definition) is 1. The van der Waals surface area contributed by atoms with E-state index in [-0.39, 0.29) is 5.56 Å². The average Bonchev–Trinajstić information content (AvgIpc) is 3.23. The summed E-state index contributed by atoms with van der Waals surface area (Å²) in [6.07, 6.45) is 7.34. The molecule has 0 spiro atoms. The van der Waals surface area contributed by atoms with Crippen LogP contribution in [0.3, 0.4) is 0 Å². The summed E-state index contributed by atoms with van der Waals surface area (Å²) >= 11 is 1.62. The van der Waals surface area contributed by atoms with Crippen LogP contribution in [0.15, 0.2) is 22.2 Å². The molecule has 2 aliphatic carbocycles. The number of pyridine rings is 1. The van der Waals surface area contributed by atoms with Crippen LogP contribution in [0.4, 0.5) is 0 Å². The minimum absolute atomic E-state index is 0.0512.